The molecule has 4 heteroatoms. The van der Waals surface area contributed by atoms with Gasteiger partial charge in [-0.05, 0) is 43.2 Å². The zero-order chi connectivity index (χ0) is 9.54. The van der Waals surface area contributed by atoms with Crippen LogP contribution in [0, 0.1) is 5.92 Å². The van der Waals surface area contributed by atoms with Crippen LogP contribution in [0.4, 0.5) is 0 Å². The molecule has 0 spiro atoms. The van der Waals surface area contributed by atoms with E-state index in [1.807, 2.05) is 0 Å². The van der Waals surface area contributed by atoms with Crippen molar-refractivity contribution in [2.75, 3.05) is 0 Å². The van der Waals surface area contributed by atoms with Crippen molar-refractivity contribution in [1.82, 2.24) is 14.8 Å². The highest BCUT2D eigenvalue weighted by Crippen LogP contribution is 2.40. The summed E-state index contributed by atoms with van der Waals surface area (Å²) in [4.78, 5) is 0. The Kier molecular flexibility index (Phi) is 2.01. The fourth-order valence-corrected chi connectivity index (χ4v) is 2.23. The molecule has 0 amide bonds. The van der Waals surface area contributed by atoms with Gasteiger partial charge >= 0.3 is 0 Å². The molecule has 0 N–H and O–H groups in total. The average Bonchev–Trinajstić information content (AvgIpc) is 2.86. The molecule has 14 heavy (non-hydrogen) atoms. The van der Waals surface area contributed by atoms with Crippen LogP contribution in [0.1, 0.15) is 43.8 Å². The van der Waals surface area contributed by atoms with Gasteiger partial charge in [0.25, 0.3) is 0 Å². The second-order valence-corrected chi connectivity index (χ2v) is 4.85. The van der Waals surface area contributed by atoms with Gasteiger partial charge in [-0.15, -0.1) is 10.2 Å². The Labute approximate surface area is 88.5 Å². The van der Waals surface area contributed by atoms with E-state index in [-0.39, 0.29) is 0 Å². The molecule has 2 saturated carbocycles. The van der Waals surface area contributed by atoms with E-state index in [0.717, 1.165) is 18.3 Å². The molecule has 76 valence electrons. The van der Waals surface area contributed by atoms with Crippen LogP contribution in [0.15, 0.2) is 0 Å². The molecule has 2 aliphatic rings. The molecule has 2 aliphatic carbocycles. The molecule has 0 bridgehead atoms. The standard InChI is InChI=1S/C10H14ClN3/c11-10-13-12-9(8-4-5-8)14(10)6-7-2-1-3-7/h7-8H,1-6H2. The number of hydrogen-bond acceptors (Lipinski definition) is 2. The molecule has 0 atom stereocenters. The fraction of sp³-hybridized carbons (Fsp3) is 0.800. The maximum absolute atomic E-state index is 6.03. The number of halogens is 1. The summed E-state index contributed by atoms with van der Waals surface area (Å²) < 4.78 is 2.13. The third kappa shape index (κ3) is 1.44. The molecule has 0 unspecified atom stereocenters. The molecule has 0 aromatic carbocycles. The molecular formula is C10H14ClN3. The predicted molar refractivity (Wildman–Crippen MR) is 54.3 cm³/mol. The molecule has 3 rings (SSSR count). The van der Waals surface area contributed by atoms with Crippen LogP contribution in [0.5, 0.6) is 0 Å². The Morgan fingerprint density at radius 1 is 1.21 bits per heavy atom. The first-order valence-corrected chi connectivity index (χ1v) is 5.81. The Morgan fingerprint density at radius 3 is 2.57 bits per heavy atom. The summed E-state index contributed by atoms with van der Waals surface area (Å²) in [5.41, 5.74) is 0. The van der Waals surface area contributed by atoms with Gasteiger partial charge in [-0.2, -0.15) is 0 Å². The highest BCUT2D eigenvalue weighted by Gasteiger charge is 2.31. The van der Waals surface area contributed by atoms with Crippen molar-refractivity contribution in [2.24, 2.45) is 5.92 Å². The van der Waals surface area contributed by atoms with Crippen LogP contribution in [-0.2, 0) is 6.54 Å². The lowest BCUT2D eigenvalue weighted by Gasteiger charge is -2.26. The second-order valence-electron chi connectivity index (χ2n) is 4.51. The minimum absolute atomic E-state index is 0.582. The number of hydrogen-bond donors (Lipinski definition) is 0. The molecule has 0 radical (unpaired) electrons. The summed E-state index contributed by atoms with van der Waals surface area (Å²) >= 11 is 6.03. The third-order valence-electron chi connectivity index (χ3n) is 3.34. The largest absolute Gasteiger partial charge is 0.301 e. The fourth-order valence-electron chi connectivity index (χ4n) is 2.04. The van der Waals surface area contributed by atoms with Crippen molar-refractivity contribution in [3.63, 3.8) is 0 Å². The summed E-state index contributed by atoms with van der Waals surface area (Å²) in [6, 6.07) is 0. The minimum Gasteiger partial charge on any atom is -0.301 e. The molecule has 0 saturated heterocycles. The Balaban J connectivity index is 1.81. The smallest absolute Gasteiger partial charge is 0.225 e. The summed E-state index contributed by atoms with van der Waals surface area (Å²) in [5.74, 6) is 2.60. The number of aromatic nitrogens is 3. The van der Waals surface area contributed by atoms with Gasteiger partial charge in [0.1, 0.15) is 5.82 Å². The zero-order valence-electron chi connectivity index (χ0n) is 8.12. The van der Waals surface area contributed by atoms with Crippen LogP contribution in [0.3, 0.4) is 0 Å². The van der Waals surface area contributed by atoms with Gasteiger partial charge < -0.3 is 4.57 Å². The van der Waals surface area contributed by atoms with Gasteiger partial charge in [-0.25, -0.2) is 0 Å². The van der Waals surface area contributed by atoms with Gasteiger partial charge in [0, 0.05) is 12.5 Å². The van der Waals surface area contributed by atoms with E-state index >= 15 is 0 Å². The molecule has 1 aromatic rings. The lowest BCUT2D eigenvalue weighted by Crippen LogP contribution is -2.19. The highest BCUT2D eigenvalue weighted by atomic mass is 35.5. The Bertz CT molecular complexity index is 339. The van der Waals surface area contributed by atoms with Crippen molar-refractivity contribution < 1.29 is 0 Å². The van der Waals surface area contributed by atoms with Gasteiger partial charge in [0.15, 0.2) is 0 Å². The van der Waals surface area contributed by atoms with Crippen molar-refractivity contribution in [1.29, 1.82) is 0 Å². The van der Waals surface area contributed by atoms with E-state index in [0.29, 0.717) is 11.2 Å². The van der Waals surface area contributed by atoms with Crippen LogP contribution in [0.25, 0.3) is 0 Å². The quantitative estimate of drug-likeness (QED) is 0.770. The summed E-state index contributed by atoms with van der Waals surface area (Å²) in [6.07, 6.45) is 6.60. The lowest BCUT2D eigenvalue weighted by molar-refractivity contribution is 0.273. The minimum atomic E-state index is 0.582. The SMILES string of the molecule is Clc1nnc(C2CC2)n1CC1CCC1. The summed E-state index contributed by atoms with van der Waals surface area (Å²) in [5, 5.41) is 8.72. The molecular weight excluding hydrogens is 198 g/mol. The van der Waals surface area contributed by atoms with E-state index in [1.165, 1.54) is 32.1 Å². The van der Waals surface area contributed by atoms with Gasteiger partial charge in [-0.3, -0.25) is 0 Å². The van der Waals surface area contributed by atoms with E-state index < -0.39 is 0 Å². The van der Waals surface area contributed by atoms with Crippen molar-refractivity contribution >= 4 is 11.6 Å². The third-order valence-corrected chi connectivity index (χ3v) is 3.62. The Morgan fingerprint density at radius 2 is 2.00 bits per heavy atom. The van der Waals surface area contributed by atoms with Gasteiger partial charge in [0.2, 0.25) is 5.28 Å². The first kappa shape index (κ1) is 8.72. The van der Waals surface area contributed by atoms with Crippen LogP contribution >= 0.6 is 11.6 Å². The van der Waals surface area contributed by atoms with Gasteiger partial charge in [0.05, 0.1) is 0 Å². The van der Waals surface area contributed by atoms with Crippen LogP contribution < -0.4 is 0 Å². The van der Waals surface area contributed by atoms with Crippen LogP contribution in [-0.4, -0.2) is 14.8 Å². The zero-order valence-corrected chi connectivity index (χ0v) is 8.87. The number of rotatable bonds is 3. The van der Waals surface area contributed by atoms with E-state index in [4.69, 9.17) is 11.6 Å². The average molecular weight is 212 g/mol. The predicted octanol–water partition coefficient (Wildman–Crippen LogP) is 2.61. The lowest BCUT2D eigenvalue weighted by atomic mass is 9.85. The summed E-state index contributed by atoms with van der Waals surface area (Å²) in [7, 11) is 0. The van der Waals surface area contributed by atoms with Crippen LogP contribution in [0.2, 0.25) is 5.28 Å². The monoisotopic (exact) mass is 211 g/mol. The van der Waals surface area contributed by atoms with E-state index in [2.05, 4.69) is 14.8 Å². The first-order valence-electron chi connectivity index (χ1n) is 5.43. The second kappa shape index (κ2) is 3.23. The van der Waals surface area contributed by atoms with Crippen molar-refractivity contribution in [2.45, 2.75) is 44.6 Å². The normalized spacial score (nSPS) is 22.4. The maximum Gasteiger partial charge on any atom is 0.225 e. The van der Waals surface area contributed by atoms with Crippen molar-refractivity contribution in [3.8, 4) is 0 Å². The summed E-state index contributed by atoms with van der Waals surface area (Å²) in [6.45, 7) is 1.04. The topological polar surface area (TPSA) is 30.7 Å². The van der Waals surface area contributed by atoms with Crippen molar-refractivity contribution in [3.05, 3.63) is 11.1 Å². The first-order chi connectivity index (χ1) is 6.84. The molecule has 1 aromatic heterocycles. The Hall–Kier alpha value is -0.570. The highest BCUT2D eigenvalue weighted by molar-refractivity contribution is 6.28. The molecule has 1 heterocycles. The molecule has 0 aliphatic heterocycles. The van der Waals surface area contributed by atoms with E-state index in [9.17, 15) is 0 Å². The number of nitrogens with zero attached hydrogens (tertiary/aromatic N) is 3. The maximum atomic E-state index is 6.03. The van der Waals surface area contributed by atoms with E-state index in [1.54, 1.807) is 0 Å². The molecule has 2 fully saturated rings. The molecule has 3 nitrogen and oxygen atoms in total. The van der Waals surface area contributed by atoms with Gasteiger partial charge in [-0.1, -0.05) is 6.42 Å².